The van der Waals surface area contributed by atoms with Crippen molar-refractivity contribution in [2.75, 3.05) is 12.4 Å². The number of hydrogen-bond donors (Lipinski definition) is 3. The number of nitrogens with one attached hydrogen (secondary N) is 3. The number of aromatic amines is 1. The van der Waals surface area contributed by atoms with Crippen LogP contribution in [0.15, 0.2) is 29.6 Å². The molecular formula is C9H12N6O2S. The maximum absolute atomic E-state index is 12.1. The van der Waals surface area contributed by atoms with E-state index in [-0.39, 0.29) is 11.4 Å². The second-order valence-electron chi connectivity index (χ2n) is 3.36. The van der Waals surface area contributed by atoms with Crippen molar-refractivity contribution in [3.63, 3.8) is 0 Å². The summed E-state index contributed by atoms with van der Waals surface area (Å²) in [6.07, 6.45) is 2.83. The standard InChI is InChI=1S/C9H12N6O2S/c1-10-9-7(3-2-4-11-9)18(16,17)14-5-8-12-6-13-15-8/h2-4,6,14H,5H2,1H3,(H,10,11)(H,12,13,15). The summed E-state index contributed by atoms with van der Waals surface area (Å²) in [5, 5.41) is 8.93. The van der Waals surface area contributed by atoms with Crippen LogP contribution in [-0.4, -0.2) is 35.6 Å². The molecule has 96 valence electrons. The topological polar surface area (TPSA) is 113 Å². The van der Waals surface area contributed by atoms with E-state index < -0.39 is 10.0 Å². The van der Waals surface area contributed by atoms with E-state index in [4.69, 9.17) is 0 Å². The van der Waals surface area contributed by atoms with E-state index in [9.17, 15) is 8.42 Å². The molecule has 2 heterocycles. The molecule has 0 fully saturated rings. The van der Waals surface area contributed by atoms with Gasteiger partial charge >= 0.3 is 0 Å². The molecule has 0 amide bonds. The van der Waals surface area contributed by atoms with Crippen LogP contribution >= 0.6 is 0 Å². The SMILES string of the molecule is CNc1ncccc1S(=O)(=O)NCc1ncn[nH]1. The number of nitrogens with zero attached hydrogens (tertiary/aromatic N) is 3. The van der Waals surface area contributed by atoms with Crippen LogP contribution in [0, 0.1) is 0 Å². The molecule has 18 heavy (non-hydrogen) atoms. The summed E-state index contributed by atoms with van der Waals surface area (Å²) in [6.45, 7) is 0.0420. The Morgan fingerprint density at radius 2 is 2.22 bits per heavy atom. The Hall–Kier alpha value is -2.00. The highest BCUT2D eigenvalue weighted by molar-refractivity contribution is 7.89. The van der Waals surface area contributed by atoms with E-state index in [0.29, 0.717) is 11.6 Å². The highest BCUT2D eigenvalue weighted by Crippen LogP contribution is 2.16. The largest absolute Gasteiger partial charge is 0.372 e. The molecule has 0 atom stereocenters. The van der Waals surface area contributed by atoms with Crippen LogP contribution < -0.4 is 10.0 Å². The van der Waals surface area contributed by atoms with Gasteiger partial charge in [-0.05, 0) is 12.1 Å². The van der Waals surface area contributed by atoms with E-state index in [1.165, 1.54) is 18.6 Å². The lowest BCUT2D eigenvalue weighted by Gasteiger charge is -2.08. The number of aromatic nitrogens is 4. The van der Waals surface area contributed by atoms with Gasteiger partial charge in [-0.2, -0.15) is 5.10 Å². The smallest absolute Gasteiger partial charge is 0.244 e. The van der Waals surface area contributed by atoms with Crippen LogP contribution in [0.3, 0.4) is 0 Å². The van der Waals surface area contributed by atoms with Gasteiger partial charge in [0, 0.05) is 13.2 Å². The summed E-state index contributed by atoms with van der Waals surface area (Å²) in [5.41, 5.74) is 0. The minimum absolute atomic E-state index is 0.0420. The third kappa shape index (κ3) is 2.63. The summed E-state index contributed by atoms with van der Waals surface area (Å²) >= 11 is 0. The molecule has 0 radical (unpaired) electrons. The minimum atomic E-state index is -3.64. The zero-order valence-electron chi connectivity index (χ0n) is 9.58. The molecule has 0 aromatic carbocycles. The Kier molecular flexibility index (Phi) is 3.53. The fraction of sp³-hybridized carbons (Fsp3) is 0.222. The van der Waals surface area contributed by atoms with Crippen molar-refractivity contribution in [1.82, 2.24) is 24.9 Å². The Labute approximate surface area is 104 Å². The third-order valence-corrected chi connectivity index (χ3v) is 3.62. The third-order valence-electron chi connectivity index (χ3n) is 2.19. The number of hydrogen-bond acceptors (Lipinski definition) is 6. The molecule has 0 bridgehead atoms. The van der Waals surface area contributed by atoms with Crippen molar-refractivity contribution in [3.8, 4) is 0 Å². The molecule has 0 saturated heterocycles. The summed E-state index contributed by atoms with van der Waals surface area (Å²) < 4.78 is 26.5. The van der Waals surface area contributed by atoms with Gasteiger partial charge in [0.25, 0.3) is 0 Å². The summed E-state index contributed by atoms with van der Waals surface area (Å²) in [6, 6.07) is 3.03. The zero-order valence-corrected chi connectivity index (χ0v) is 10.4. The van der Waals surface area contributed by atoms with Gasteiger partial charge in [-0.1, -0.05) is 0 Å². The van der Waals surface area contributed by atoms with Crippen LogP contribution in [0.5, 0.6) is 0 Å². The second-order valence-corrected chi connectivity index (χ2v) is 5.09. The molecule has 2 aromatic heterocycles. The van der Waals surface area contributed by atoms with Gasteiger partial charge in [0.15, 0.2) is 0 Å². The molecule has 0 spiro atoms. The van der Waals surface area contributed by atoms with E-state index in [1.807, 2.05) is 0 Å². The maximum Gasteiger partial charge on any atom is 0.244 e. The molecule has 8 nitrogen and oxygen atoms in total. The van der Waals surface area contributed by atoms with Crippen molar-refractivity contribution in [2.45, 2.75) is 11.4 Å². The molecule has 0 aliphatic rings. The van der Waals surface area contributed by atoms with Crippen molar-refractivity contribution < 1.29 is 8.42 Å². The molecule has 0 aliphatic carbocycles. The lowest BCUT2D eigenvalue weighted by Crippen LogP contribution is -2.25. The molecular weight excluding hydrogens is 256 g/mol. The highest BCUT2D eigenvalue weighted by atomic mass is 32.2. The van der Waals surface area contributed by atoms with Crippen LogP contribution in [0.1, 0.15) is 5.82 Å². The normalized spacial score (nSPS) is 11.4. The average molecular weight is 268 g/mol. The van der Waals surface area contributed by atoms with Crippen molar-refractivity contribution in [1.29, 1.82) is 0 Å². The first-order valence-electron chi connectivity index (χ1n) is 5.10. The average Bonchev–Trinajstić information content (AvgIpc) is 2.89. The van der Waals surface area contributed by atoms with E-state index in [1.54, 1.807) is 13.1 Å². The second kappa shape index (κ2) is 5.10. The highest BCUT2D eigenvalue weighted by Gasteiger charge is 2.18. The summed E-state index contributed by atoms with van der Waals surface area (Å²) in [7, 11) is -2.03. The van der Waals surface area contributed by atoms with Crippen LogP contribution in [0.25, 0.3) is 0 Å². The summed E-state index contributed by atoms with van der Waals surface area (Å²) in [4.78, 5) is 7.86. The van der Waals surface area contributed by atoms with Gasteiger partial charge in [0.1, 0.15) is 22.9 Å². The lowest BCUT2D eigenvalue weighted by atomic mass is 10.5. The van der Waals surface area contributed by atoms with Crippen LogP contribution in [0.4, 0.5) is 5.82 Å². The number of sulfonamides is 1. The predicted molar refractivity (Wildman–Crippen MR) is 64.2 cm³/mol. The molecule has 0 aliphatic heterocycles. The number of rotatable bonds is 5. The Bertz CT molecular complexity index is 610. The minimum Gasteiger partial charge on any atom is -0.372 e. The predicted octanol–water partition coefficient (Wildman–Crippen LogP) is -0.280. The van der Waals surface area contributed by atoms with Crippen molar-refractivity contribution in [3.05, 3.63) is 30.5 Å². The van der Waals surface area contributed by atoms with E-state index in [0.717, 1.165) is 0 Å². The fourth-order valence-electron chi connectivity index (χ4n) is 1.35. The molecule has 0 saturated carbocycles. The fourth-order valence-corrected chi connectivity index (χ4v) is 2.50. The first kappa shape index (κ1) is 12.5. The van der Waals surface area contributed by atoms with Gasteiger partial charge in [-0.25, -0.2) is 23.1 Å². The number of anilines is 1. The van der Waals surface area contributed by atoms with Crippen molar-refractivity contribution >= 4 is 15.8 Å². The first-order chi connectivity index (χ1) is 8.63. The first-order valence-corrected chi connectivity index (χ1v) is 6.58. The molecule has 2 rings (SSSR count). The Morgan fingerprint density at radius 3 is 2.89 bits per heavy atom. The van der Waals surface area contributed by atoms with Gasteiger partial charge in [-0.15, -0.1) is 0 Å². The Morgan fingerprint density at radius 1 is 1.39 bits per heavy atom. The number of H-pyrrole nitrogens is 1. The molecule has 2 aromatic rings. The quantitative estimate of drug-likeness (QED) is 0.687. The van der Waals surface area contributed by atoms with Gasteiger partial charge in [0.05, 0.1) is 6.54 Å². The van der Waals surface area contributed by atoms with Crippen molar-refractivity contribution in [2.24, 2.45) is 0 Å². The maximum atomic E-state index is 12.1. The van der Waals surface area contributed by atoms with Crippen LogP contribution in [0.2, 0.25) is 0 Å². The Balaban J connectivity index is 2.20. The monoisotopic (exact) mass is 268 g/mol. The van der Waals surface area contributed by atoms with Gasteiger partial charge < -0.3 is 5.32 Å². The molecule has 3 N–H and O–H groups in total. The van der Waals surface area contributed by atoms with E-state index >= 15 is 0 Å². The lowest BCUT2D eigenvalue weighted by molar-refractivity contribution is 0.579. The summed E-state index contributed by atoms with van der Waals surface area (Å²) in [5.74, 6) is 0.732. The molecule has 0 unspecified atom stereocenters. The van der Waals surface area contributed by atoms with Gasteiger partial charge in [0.2, 0.25) is 10.0 Å². The van der Waals surface area contributed by atoms with Gasteiger partial charge in [-0.3, -0.25) is 5.10 Å². The zero-order chi connectivity index (χ0) is 13.0. The van der Waals surface area contributed by atoms with Crippen LogP contribution in [-0.2, 0) is 16.6 Å². The number of pyridine rings is 1. The van der Waals surface area contributed by atoms with E-state index in [2.05, 4.69) is 30.2 Å². The molecule has 9 heteroatoms.